The largest absolute Gasteiger partial charge is 0.268 e. The number of rotatable bonds is 3. The van der Waals surface area contributed by atoms with Gasteiger partial charge in [0, 0.05) is 5.56 Å². The van der Waals surface area contributed by atoms with Crippen molar-refractivity contribution < 1.29 is 0 Å². The predicted molar refractivity (Wildman–Crippen MR) is 67.7 cm³/mol. The molecule has 0 atom stereocenters. The van der Waals surface area contributed by atoms with Crippen molar-refractivity contribution in [2.24, 2.45) is 5.14 Å². The molecule has 0 aliphatic heterocycles. The molecule has 0 unspecified atom stereocenters. The van der Waals surface area contributed by atoms with Crippen LogP contribution in [0.25, 0.3) is 10.6 Å². The fourth-order valence-corrected chi connectivity index (χ4v) is 3.41. The van der Waals surface area contributed by atoms with Gasteiger partial charge < -0.3 is 0 Å². The van der Waals surface area contributed by atoms with Crippen molar-refractivity contribution in [3.05, 3.63) is 29.8 Å². The van der Waals surface area contributed by atoms with E-state index in [-0.39, 0.29) is 0 Å². The zero-order chi connectivity index (χ0) is 10.7. The minimum absolute atomic E-state index is 0.890. The second-order valence-electron chi connectivity index (χ2n) is 2.87. The van der Waals surface area contributed by atoms with Crippen LogP contribution in [0.1, 0.15) is 5.56 Å². The first-order chi connectivity index (χ1) is 7.31. The van der Waals surface area contributed by atoms with Gasteiger partial charge in [-0.25, -0.2) is 0 Å². The number of aryl methyl sites for hydroxylation is 1. The van der Waals surface area contributed by atoms with E-state index in [0.29, 0.717) is 0 Å². The van der Waals surface area contributed by atoms with E-state index in [1.165, 1.54) is 27.3 Å². The third-order valence-corrected chi connectivity index (χ3v) is 4.55. The Bertz CT molecular complexity index is 455. The summed E-state index contributed by atoms with van der Waals surface area (Å²) in [5.74, 6) is 0. The minimum Gasteiger partial charge on any atom is -0.268 e. The number of benzene rings is 1. The summed E-state index contributed by atoms with van der Waals surface area (Å²) in [5, 5.41) is 14.5. The standard InChI is InChI=1S/C9H9N3S3/c1-6-4-2-3-5-7(6)8-11-12-9(13-8)14-15-10/h2-5H,10H2,1H3. The van der Waals surface area contributed by atoms with E-state index in [4.69, 9.17) is 5.14 Å². The van der Waals surface area contributed by atoms with E-state index < -0.39 is 0 Å². The van der Waals surface area contributed by atoms with Crippen LogP contribution in [0.5, 0.6) is 0 Å². The molecule has 0 fully saturated rings. The van der Waals surface area contributed by atoms with Gasteiger partial charge in [-0.3, -0.25) is 5.14 Å². The van der Waals surface area contributed by atoms with Gasteiger partial charge in [-0.1, -0.05) is 35.6 Å². The van der Waals surface area contributed by atoms with Crippen molar-refractivity contribution in [3.8, 4) is 10.6 Å². The molecule has 1 heterocycles. The Balaban J connectivity index is 2.33. The molecule has 0 radical (unpaired) electrons. The molecular weight excluding hydrogens is 246 g/mol. The van der Waals surface area contributed by atoms with Crippen LogP contribution in [0.4, 0.5) is 0 Å². The topological polar surface area (TPSA) is 51.8 Å². The molecule has 0 spiro atoms. The lowest BCUT2D eigenvalue weighted by molar-refractivity contribution is 1.02. The van der Waals surface area contributed by atoms with Gasteiger partial charge in [0.1, 0.15) is 5.01 Å². The number of nitrogens with two attached hydrogens (primary N) is 1. The van der Waals surface area contributed by atoms with Crippen LogP contribution in [-0.4, -0.2) is 10.2 Å². The van der Waals surface area contributed by atoms with Gasteiger partial charge in [0.25, 0.3) is 0 Å². The van der Waals surface area contributed by atoms with E-state index >= 15 is 0 Å². The average molecular weight is 255 g/mol. The lowest BCUT2D eigenvalue weighted by atomic mass is 10.1. The van der Waals surface area contributed by atoms with Gasteiger partial charge in [-0.15, -0.1) is 10.2 Å². The van der Waals surface area contributed by atoms with Crippen LogP contribution in [0.15, 0.2) is 28.6 Å². The predicted octanol–water partition coefficient (Wildman–Crippen LogP) is 3.13. The molecule has 15 heavy (non-hydrogen) atoms. The Hall–Kier alpha value is -0.560. The molecule has 2 rings (SSSR count). The molecule has 2 aromatic rings. The summed E-state index contributed by atoms with van der Waals surface area (Å²) < 4.78 is 0.890. The first-order valence-corrected chi connectivity index (χ1v) is 7.27. The molecule has 1 aromatic heterocycles. The zero-order valence-electron chi connectivity index (χ0n) is 8.01. The lowest BCUT2D eigenvalue weighted by Gasteiger charge is -1.98. The van der Waals surface area contributed by atoms with E-state index in [0.717, 1.165) is 14.9 Å². The maximum atomic E-state index is 5.36. The van der Waals surface area contributed by atoms with Crippen molar-refractivity contribution in [1.29, 1.82) is 0 Å². The van der Waals surface area contributed by atoms with Gasteiger partial charge in [0.05, 0.1) is 0 Å². The van der Waals surface area contributed by atoms with Crippen LogP contribution >= 0.6 is 33.1 Å². The summed E-state index contributed by atoms with van der Waals surface area (Å²) in [6, 6.07) is 8.15. The summed E-state index contributed by atoms with van der Waals surface area (Å²) in [4.78, 5) is 0. The van der Waals surface area contributed by atoms with Crippen LogP contribution in [0, 0.1) is 6.92 Å². The molecule has 0 saturated carbocycles. The minimum atomic E-state index is 0.890. The number of hydrogen-bond donors (Lipinski definition) is 1. The number of aromatic nitrogens is 2. The molecule has 78 valence electrons. The third kappa shape index (κ3) is 2.52. The van der Waals surface area contributed by atoms with Crippen molar-refractivity contribution in [2.75, 3.05) is 0 Å². The monoisotopic (exact) mass is 255 g/mol. The first-order valence-electron chi connectivity index (χ1n) is 4.24. The quantitative estimate of drug-likeness (QED) is 0.674. The Morgan fingerprint density at radius 1 is 1.27 bits per heavy atom. The maximum Gasteiger partial charge on any atom is 0.186 e. The summed E-state index contributed by atoms with van der Waals surface area (Å²) in [7, 11) is 2.63. The van der Waals surface area contributed by atoms with Gasteiger partial charge in [-0.05, 0) is 34.3 Å². The normalized spacial score (nSPS) is 10.5. The molecule has 2 N–H and O–H groups in total. The molecule has 6 heteroatoms. The Morgan fingerprint density at radius 3 is 2.80 bits per heavy atom. The first kappa shape index (κ1) is 10.9. The molecule has 0 bridgehead atoms. The van der Waals surface area contributed by atoms with Gasteiger partial charge in [0.2, 0.25) is 0 Å². The van der Waals surface area contributed by atoms with Crippen LogP contribution in [-0.2, 0) is 0 Å². The summed E-state index contributed by atoms with van der Waals surface area (Å²) in [5.41, 5.74) is 2.36. The highest BCUT2D eigenvalue weighted by atomic mass is 33.1. The molecule has 0 aliphatic rings. The molecule has 3 nitrogen and oxygen atoms in total. The van der Waals surface area contributed by atoms with Crippen molar-refractivity contribution in [1.82, 2.24) is 10.2 Å². The zero-order valence-corrected chi connectivity index (χ0v) is 10.5. The maximum absolute atomic E-state index is 5.36. The number of nitrogens with zero attached hydrogens (tertiary/aromatic N) is 2. The van der Waals surface area contributed by atoms with E-state index in [1.54, 1.807) is 11.3 Å². The molecule has 0 amide bonds. The summed E-state index contributed by atoms with van der Waals surface area (Å²) in [6.07, 6.45) is 0. The third-order valence-electron chi connectivity index (χ3n) is 1.90. The fourth-order valence-electron chi connectivity index (χ4n) is 1.21. The molecule has 1 aromatic carbocycles. The molecule has 0 aliphatic carbocycles. The molecule has 0 saturated heterocycles. The highest BCUT2D eigenvalue weighted by molar-refractivity contribution is 8.76. The van der Waals surface area contributed by atoms with Crippen molar-refractivity contribution >= 4 is 33.1 Å². The average Bonchev–Trinajstić information content (AvgIpc) is 2.68. The van der Waals surface area contributed by atoms with Gasteiger partial charge >= 0.3 is 0 Å². The SMILES string of the molecule is Cc1ccccc1-c1nnc(SSN)s1. The Morgan fingerprint density at radius 2 is 2.07 bits per heavy atom. The Labute approximate surface area is 100 Å². The van der Waals surface area contributed by atoms with Crippen LogP contribution in [0.3, 0.4) is 0 Å². The number of hydrogen-bond acceptors (Lipinski definition) is 6. The second kappa shape index (κ2) is 4.98. The summed E-state index contributed by atoms with van der Waals surface area (Å²) >= 11 is 1.56. The summed E-state index contributed by atoms with van der Waals surface area (Å²) in [6.45, 7) is 2.07. The Kier molecular flexibility index (Phi) is 3.63. The van der Waals surface area contributed by atoms with E-state index in [1.807, 2.05) is 12.1 Å². The smallest absolute Gasteiger partial charge is 0.186 e. The second-order valence-corrected chi connectivity index (χ2v) is 5.93. The van der Waals surface area contributed by atoms with Gasteiger partial charge in [-0.2, -0.15) is 0 Å². The molecular formula is C9H9N3S3. The highest BCUT2D eigenvalue weighted by Crippen LogP contribution is 2.34. The van der Waals surface area contributed by atoms with Crippen molar-refractivity contribution in [3.63, 3.8) is 0 Å². The van der Waals surface area contributed by atoms with Crippen LogP contribution < -0.4 is 5.14 Å². The lowest BCUT2D eigenvalue weighted by Crippen LogP contribution is -1.80. The van der Waals surface area contributed by atoms with Crippen LogP contribution in [0.2, 0.25) is 0 Å². The van der Waals surface area contributed by atoms with Crippen molar-refractivity contribution in [2.45, 2.75) is 11.3 Å². The fraction of sp³-hybridized carbons (Fsp3) is 0.111. The van der Waals surface area contributed by atoms with E-state index in [9.17, 15) is 0 Å². The highest BCUT2D eigenvalue weighted by Gasteiger charge is 2.08. The van der Waals surface area contributed by atoms with Gasteiger partial charge in [0.15, 0.2) is 4.34 Å². The van der Waals surface area contributed by atoms with E-state index in [2.05, 4.69) is 29.3 Å².